The third kappa shape index (κ3) is 2.28. The van der Waals surface area contributed by atoms with Crippen LogP contribution in [0.4, 0.5) is 5.69 Å². The topological polar surface area (TPSA) is 101 Å². The standard InChI is InChI=1S/C14H19N5O2/c1-3-9-12(15)13(17-16-9)14(20)19-6-4-5-10(19)11-7-8(2)18-21-11/h7,10H,3-6,15H2,1-2H3,(H,16,17). The van der Waals surface area contributed by atoms with E-state index >= 15 is 0 Å². The van der Waals surface area contributed by atoms with Gasteiger partial charge < -0.3 is 15.2 Å². The number of aromatic amines is 1. The van der Waals surface area contributed by atoms with Gasteiger partial charge in [-0.2, -0.15) is 5.10 Å². The molecule has 7 nitrogen and oxygen atoms in total. The largest absolute Gasteiger partial charge is 0.395 e. The van der Waals surface area contributed by atoms with Crippen LogP contribution in [0.25, 0.3) is 0 Å². The first kappa shape index (κ1) is 13.7. The lowest BCUT2D eigenvalue weighted by atomic mass is 10.1. The van der Waals surface area contributed by atoms with Gasteiger partial charge in [0.15, 0.2) is 11.5 Å². The molecule has 21 heavy (non-hydrogen) atoms. The lowest BCUT2D eigenvalue weighted by Crippen LogP contribution is -2.31. The summed E-state index contributed by atoms with van der Waals surface area (Å²) in [6, 6.07) is 1.79. The third-order valence-corrected chi connectivity index (χ3v) is 3.93. The van der Waals surface area contributed by atoms with Crippen LogP contribution in [0.2, 0.25) is 0 Å². The van der Waals surface area contributed by atoms with Crippen molar-refractivity contribution in [2.24, 2.45) is 0 Å². The molecule has 0 aromatic carbocycles. The Balaban J connectivity index is 1.87. The molecular weight excluding hydrogens is 270 g/mol. The predicted octanol–water partition coefficient (Wildman–Crippen LogP) is 1.83. The van der Waals surface area contributed by atoms with Gasteiger partial charge in [-0.3, -0.25) is 9.89 Å². The van der Waals surface area contributed by atoms with E-state index in [9.17, 15) is 4.79 Å². The molecule has 2 aromatic heterocycles. The Labute approximate surface area is 122 Å². The van der Waals surface area contributed by atoms with Crippen molar-refractivity contribution in [1.82, 2.24) is 20.3 Å². The second-order valence-electron chi connectivity index (χ2n) is 5.35. The Morgan fingerprint density at radius 1 is 1.62 bits per heavy atom. The van der Waals surface area contributed by atoms with Crippen LogP contribution in [-0.4, -0.2) is 32.7 Å². The van der Waals surface area contributed by atoms with Gasteiger partial charge in [-0.1, -0.05) is 12.1 Å². The first-order valence-corrected chi connectivity index (χ1v) is 7.18. The molecule has 0 radical (unpaired) electrons. The van der Waals surface area contributed by atoms with Crippen molar-refractivity contribution in [2.45, 2.75) is 39.2 Å². The Morgan fingerprint density at radius 3 is 3.05 bits per heavy atom. The van der Waals surface area contributed by atoms with E-state index in [0.717, 1.165) is 36.4 Å². The minimum Gasteiger partial charge on any atom is -0.395 e. The molecule has 3 N–H and O–H groups in total. The zero-order valence-electron chi connectivity index (χ0n) is 12.2. The van der Waals surface area contributed by atoms with E-state index < -0.39 is 0 Å². The number of aryl methyl sites for hydroxylation is 2. The maximum absolute atomic E-state index is 12.7. The highest BCUT2D eigenvalue weighted by molar-refractivity contribution is 5.98. The summed E-state index contributed by atoms with van der Waals surface area (Å²) >= 11 is 0. The Hall–Kier alpha value is -2.31. The number of anilines is 1. The monoisotopic (exact) mass is 289 g/mol. The van der Waals surface area contributed by atoms with Crippen LogP contribution in [0.1, 0.15) is 53.4 Å². The summed E-state index contributed by atoms with van der Waals surface area (Å²) in [5.41, 5.74) is 8.35. The summed E-state index contributed by atoms with van der Waals surface area (Å²) in [5, 5.41) is 10.8. The highest BCUT2D eigenvalue weighted by atomic mass is 16.5. The van der Waals surface area contributed by atoms with Crippen molar-refractivity contribution >= 4 is 11.6 Å². The molecule has 2 aromatic rings. The SMILES string of the molecule is CCc1[nH]nc(C(=O)N2CCCC2c2cc(C)no2)c1N. The fourth-order valence-corrected chi connectivity index (χ4v) is 2.80. The van der Waals surface area contributed by atoms with Crippen molar-refractivity contribution in [3.8, 4) is 0 Å². The van der Waals surface area contributed by atoms with Crippen LogP contribution in [0.15, 0.2) is 10.6 Å². The van der Waals surface area contributed by atoms with Gasteiger partial charge in [-0.25, -0.2) is 0 Å². The summed E-state index contributed by atoms with van der Waals surface area (Å²) in [7, 11) is 0. The maximum Gasteiger partial charge on any atom is 0.277 e. The quantitative estimate of drug-likeness (QED) is 0.897. The van der Waals surface area contributed by atoms with Gasteiger partial charge in [0.1, 0.15) is 0 Å². The number of likely N-dealkylation sites (tertiary alicyclic amines) is 1. The predicted molar refractivity (Wildman–Crippen MR) is 76.6 cm³/mol. The van der Waals surface area contributed by atoms with Crippen molar-refractivity contribution < 1.29 is 9.32 Å². The van der Waals surface area contributed by atoms with E-state index in [2.05, 4.69) is 15.4 Å². The van der Waals surface area contributed by atoms with Gasteiger partial charge in [0.25, 0.3) is 5.91 Å². The molecule has 0 spiro atoms. The highest BCUT2D eigenvalue weighted by Crippen LogP contribution is 2.34. The fourth-order valence-electron chi connectivity index (χ4n) is 2.80. The van der Waals surface area contributed by atoms with Crippen molar-refractivity contribution in [1.29, 1.82) is 0 Å². The zero-order chi connectivity index (χ0) is 15.0. The van der Waals surface area contributed by atoms with Crippen LogP contribution in [0.5, 0.6) is 0 Å². The number of rotatable bonds is 3. The number of carbonyl (C=O) groups is 1. The number of carbonyl (C=O) groups excluding carboxylic acids is 1. The van der Waals surface area contributed by atoms with Crippen LogP contribution >= 0.6 is 0 Å². The molecule has 1 aliphatic rings. The number of amides is 1. The lowest BCUT2D eigenvalue weighted by Gasteiger charge is -2.21. The van der Waals surface area contributed by atoms with Crippen molar-refractivity contribution in [3.05, 3.63) is 28.9 Å². The van der Waals surface area contributed by atoms with Gasteiger partial charge in [-0.15, -0.1) is 0 Å². The van der Waals surface area contributed by atoms with Crippen LogP contribution in [-0.2, 0) is 6.42 Å². The molecular formula is C14H19N5O2. The second-order valence-corrected chi connectivity index (χ2v) is 5.35. The van der Waals surface area contributed by atoms with E-state index in [4.69, 9.17) is 10.3 Å². The molecule has 3 heterocycles. The Bertz CT molecular complexity index is 660. The number of hydrogen-bond acceptors (Lipinski definition) is 5. The van der Waals surface area contributed by atoms with Crippen molar-refractivity contribution in [2.75, 3.05) is 12.3 Å². The van der Waals surface area contributed by atoms with E-state index in [-0.39, 0.29) is 11.9 Å². The maximum atomic E-state index is 12.7. The molecule has 1 atom stereocenters. The highest BCUT2D eigenvalue weighted by Gasteiger charge is 2.35. The summed E-state index contributed by atoms with van der Waals surface area (Å²) < 4.78 is 5.32. The molecule has 1 amide bonds. The molecule has 1 unspecified atom stereocenters. The third-order valence-electron chi connectivity index (χ3n) is 3.93. The average molecular weight is 289 g/mol. The van der Waals surface area contributed by atoms with Crippen LogP contribution < -0.4 is 5.73 Å². The molecule has 0 aliphatic carbocycles. The number of nitrogens with two attached hydrogens (primary N) is 1. The summed E-state index contributed by atoms with van der Waals surface area (Å²) in [4.78, 5) is 14.5. The Kier molecular flexibility index (Phi) is 3.40. The number of nitrogen functional groups attached to an aromatic ring is 1. The van der Waals surface area contributed by atoms with Gasteiger partial charge in [0, 0.05) is 12.6 Å². The minimum absolute atomic E-state index is 0.0834. The van der Waals surface area contributed by atoms with Gasteiger partial charge in [0.2, 0.25) is 0 Å². The number of aromatic nitrogens is 3. The first-order valence-electron chi connectivity index (χ1n) is 7.18. The Morgan fingerprint density at radius 2 is 2.43 bits per heavy atom. The van der Waals surface area contributed by atoms with Crippen molar-refractivity contribution in [3.63, 3.8) is 0 Å². The number of nitrogens with one attached hydrogen (secondary N) is 1. The van der Waals surface area contributed by atoms with Gasteiger partial charge in [0.05, 0.1) is 23.1 Å². The molecule has 0 saturated carbocycles. The lowest BCUT2D eigenvalue weighted by molar-refractivity contribution is 0.0709. The van der Waals surface area contributed by atoms with Crippen LogP contribution in [0.3, 0.4) is 0 Å². The van der Waals surface area contributed by atoms with Gasteiger partial charge in [-0.05, 0) is 26.2 Å². The van der Waals surface area contributed by atoms with E-state index in [0.29, 0.717) is 17.9 Å². The van der Waals surface area contributed by atoms with E-state index in [1.165, 1.54) is 0 Å². The normalized spacial score (nSPS) is 18.4. The molecule has 1 fully saturated rings. The number of hydrogen-bond donors (Lipinski definition) is 2. The van der Waals surface area contributed by atoms with Gasteiger partial charge >= 0.3 is 0 Å². The summed E-state index contributed by atoms with van der Waals surface area (Å²) in [6.07, 6.45) is 2.52. The van der Waals surface area contributed by atoms with E-state index in [1.54, 1.807) is 4.90 Å². The first-order chi connectivity index (χ1) is 10.1. The van der Waals surface area contributed by atoms with E-state index in [1.807, 2.05) is 19.9 Å². The van der Waals surface area contributed by atoms with Crippen LogP contribution in [0, 0.1) is 6.92 Å². The minimum atomic E-state index is -0.153. The smallest absolute Gasteiger partial charge is 0.277 e. The molecule has 112 valence electrons. The average Bonchev–Trinajstić information content (AvgIpc) is 3.16. The summed E-state index contributed by atoms with van der Waals surface area (Å²) in [5.74, 6) is 0.572. The molecule has 1 saturated heterocycles. The molecule has 7 heteroatoms. The number of H-pyrrole nitrogens is 1. The fraction of sp³-hybridized carbons (Fsp3) is 0.500. The second kappa shape index (κ2) is 5.23. The molecule has 0 bridgehead atoms. The molecule has 1 aliphatic heterocycles. The molecule has 3 rings (SSSR count). The summed E-state index contributed by atoms with van der Waals surface area (Å²) in [6.45, 7) is 4.51. The zero-order valence-corrected chi connectivity index (χ0v) is 12.2. The number of nitrogens with zero attached hydrogens (tertiary/aromatic N) is 3.